The van der Waals surface area contributed by atoms with Gasteiger partial charge in [-0.05, 0) is 42.0 Å². The summed E-state index contributed by atoms with van der Waals surface area (Å²) in [5.41, 5.74) is 7.19. The molecule has 2 aromatic carbocycles. The first-order chi connectivity index (χ1) is 12.9. The normalized spacial score (nSPS) is 11.9. The molecule has 0 saturated carbocycles. The van der Waals surface area contributed by atoms with Crippen LogP contribution >= 0.6 is 0 Å². The maximum atomic E-state index is 12.1. The Hall–Kier alpha value is -2.94. The van der Waals surface area contributed by atoms with E-state index in [9.17, 15) is 13.2 Å². The van der Waals surface area contributed by atoms with Gasteiger partial charge in [0.2, 0.25) is 0 Å². The van der Waals surface area contributed by atoms with Gasteiger partial charge in [-0.25, -0.2) is 4.99 Å². The van der Waals surface area contributed by atoms with E-state index >= 15 is 0 Å². The number of nitrogens with two attached hydrogens (primary N) is 1. The van der Waals surface area contributed by atoms with Crippen molar-refractivity contribution in [2.75, 3.05) is 25.6 Å². The van der Waals surface area contributed by atoms with E-state index in [0.717, 1.165) is 5.56 Å². The zero-order valence-corrected chi connectivity index (χ0v) is 14.6. The highest BCUT2D eigenvalue weighted by Gasteiger charge is 2.30. The van der Waals surface area contributed by atoms with E-state index in [-0.39, 0.29) is 11.7 Å². The Morgan fingerprint density at radius 3 is 2.48 bits per heavy atom. The molecule has 0 aliphatic carbocycles. The molecule has 0 aliphatic rings. The van der Waals surface area contributed by atoms with Crippen LogP contribution in [-0.4, -0.2) is 32.6 Å². The van der Waals surface area contributed by atoms with E-state index in [1.807, 2.05) is 24.3 Å². The van der Waals surface area contributed by atoms with Crippen molar-refractivity contribution in [3.05, 3.63) is 54.1 Å². The number of rotatable bonds is 8. The van der Waals surface area contributed by atoms with Gasteiger partial charge in [0, 0.05) is 12.8 Å². The molecule has 0 radical (unpaired) electrons. The Morgan fingerprint density at radius 2 is 1.81 bits per heavy atom. The standard InChI is InChI=1S/C18H20F3N3O3/c1-25-9-10-26-16-4-2-3-13(11-16)12-23-17(22)24-14-5-7-15(8-6-14)27-18(19,20)21/h2-8,11H,9-10,12H2,1H3,(H3,22,23,24). The average Bonchev–Trinajstić information content (AvgIpc) is 2.61. The van der Waals surface area contributed by atoms with Crippen LogP contribution in [-0.2, 0) is 11.3 Å². The first-order valence-corrected chi connectivity index (χ1v) is 7.99. The summed E-state index contributed by atoms with van der Waals surface area (Å²) in [5, 5.41) is 2.80. The molecule has 6 nitrogen and oxygen atoms in total. The number of guanidine groups is 1. The second-order valence-electron chi connectivity index (χ2n) is 5.39. The summed E-state index contributed by atoms with van der Waals surface area (Å²) < 4.78 is 50.7. The van der Waals surface area contributed by atoms with Crippen LogP contribution in [0.15, 0.2) is 53.5 Å². The third-order valence-corrected chi connectivity index (χ3v) is 3.25. The van der Waals surface area contributed by atoms with Crippen LogP contribution < -0.4 is 20.5 Å². The first-order valence-electron chi connectivity index (χ1n) is 7.99. The zero-order chi connectivity index (χ0) is 19.7. The molecule has 0 atom stereocenters. The van der Waals surface area contributed by atoms with Crippen LogP contribution in [0.2, 0.25) is 0 Å². The maximum Gasteiger partial charge on any atom is 0.573 e. The number of aliphatic imine (C=N–C) groups is 1. The molecule has 0 fully saturated rings. The van der Waals surface area contributed by atoms with Gasteiger partial charge < -0.3 is 25.3 Å². The van der Waals surface area contributed by atoms with Gasteiger partial charge in [-0.1, -0.05) is 12.1 Å². The van der Waals surface area contributed by atoms with E-state index in [1.165, 1.54) is 24.3 Å². The van der Waals surface area contributed by atoms with E-state index in [1.54, 1.807) is 7.11 Å². The topological polar surface area (TPSA) is 78.1 Å². The summed E-state index contributed by atoms with van der Waals surface area (Å²) in [6, 6.07) is 12.6. The summed E-state index contributed by atoms with van der Waals surface area (Å²) in [6.45, 7) is 1.25. The molecule has 0 unspecified atom stereocenters. The fourth-order valence-corrected chi connectivity index (χ4v) is 2.08. The van der Waals surface area contributed by atoms with Crippen molar-refractivity contribution in [2.45, 2.75) is 12.9 Å². The van der Waals surface area contributed by atoms with Crippen molar-refractivity contribution in [3.63, 3.8) is 0 Å². The van der Waals surface area contributed by atoms with Gasteiger partial charge in [0.1, 0.15) is 18.1 Å². The molecule has 9 heteroatoms. The average molecular weight is 383 g/mol. The third-order valence-electron chi connectivity index (χ3n) is 3.25. The minimum Gasteiger partial charge on any atom is -0.491 e. The minimum absolute atomic E-state index is 0.130. The van der Waals surface area contributed by atoms with Gasteiger partial charge in [0.25, 0.3) is 0 Å². The van der Waals surface area contributed by atoms with Crippen molar-refractivity contribution in [1.82, 2.24) is 0 Å². The smallest absolute Gasteiger partial charge is 0.491 e. The summed E-state index contributed by atoms with van der Waals surface area (Å²) >= 11 is 0. The third kappa shape index (κ3) is 7.87. The largest absolute Gasteiger partial charge is 0.573 e. The molecular formula is C18H20F3N3O3. The predicted molar refractivity (Wildman–Crippen MR) is 95.9 cm³/mol. The molecule has 0 spiro atoms. The maximum absolute atomic E-state index is 12.1. The molecule has 2 rings (SSSR count). The molecule has 3 N–H and O–H groups in total. The lowest BCUT2D eigenvalue weighted by Crippen LogP contribution is -2.22. The molecule has 0 heterocycles. The number of alkyl halides is 3. The van der Waals surface area contributed by atoms with Crippen molar-refractivity contribution in [3.8, 4) is 11.5 Å². The number of ether oxygens (including phenoxy) is 3. The van der Waals surface area contributed by atoms with Gasteiger partial charge in [-0.15, -0.1) is 13.2 Å². The highest BCUT2D eigenvalue weighted by atomic mass is 19.4. The van der Waals surface area contributed by atoms with Crippen LogP contribution in [0.1, 0.15) is 5.56 Å². The number of halogens is 3. The van der Waals surface area contributed by atoms with Crippen molar-refractivity contribution < 1.29 is 27.4 Å². The zero-order valence-electron chi connectivity index (χ0n) is 14.6. The van der Waals surface area contributed by atoms with E-state index < -0.39 is 6.36 Å². The monoisotopic (exact) mass is 383 g/mol. The quantitative estimate of drug-likeness (QED) is 0.414. The van der Waals surface area contributed by atoms with E-state index in [4.69, 9.17) is 15.2 Å². The highest BCUT2D eigenvalue weighted by molar-refractivity contribution is 5.92. The molecular weight excluding hydrogens is 363 g/mol. The van der Waals surface area contributed by atoms with Crippen LogP contribution in [0.3, 0.4) is 0 Å². The van der Waals surface area contributed by atoms with Crippen LogP contribution in [0.5, 0.6) is 11.5 Å². The predicted octanol–water partition coefficient (Wildman–Crippen LogP) is 3.54. The number of benzene rings is 2. The second kappa shape index (κ2) is 9.67. The summed E-state index contributed by atoms with van der Waals surface area (Å²) in [4.78, 5) is 4.20. The van der Waals surface area contributed by atoms with Gasteiger partial charge in [-0.3, -0.25) is 0 Å². The Labute approximate surface area is 154 Å². The van der Waals surface area contributed by atoms with Gasteiger partial charge in [-0.2, -0.15) is 0 Å². The minimum atomic E-state index is -4.72. The number of nitrogens with zero attached hydrogens (tertiary/aromatic N) is 1. The Bertz CT molecular complexity index is 750. The van der Waals surface area contributed by atoms with Crippen molar-refractivity contribution in [2.24, 2.45) is 10.7 Å². The molecule has 0 aromatic heterocycles. The van der Waals surface area contributed by atoms with Crippen molar-refractivity contribution in [1.29, 1.82) is 0 Å². The molecule has 146 valence electrons. The van der Waals surface area contributed by atoms with Crippen LogP contribution in [0, 0.1) is 0 Å². The molecule has 0 aliphatic heterocycles. The summed E-state index contributed by atoms with van der Waals surface area (Å²) in [5.74, 6) is 0.519. The summed E-state index contributed by atoms with van der Waals surface area (Å²) in [6.07, 6.45) is -4.72. The van der Waals surface area contributed by atoms with E-state index in [0.29, 0.717) is 31.2 Å². The lowest BCUT2D eigenvalue weighted by Gasteiger charge is -2.10. The van der Waals surface area contributed by atoms with Crippen molar-refractivity contribution >= 4 is 11.6 Å². The van der Waals surface area contributed by atoms with Gasteiger partial charge in [0.15, 0.2) is 5.96 Å². The lowest BCUT2D eigenvalue weighted by molar-refractivity contribution is -0.274. The lowest BCUT2D eigenvalue weighted by atomic mass is 10.2. The second-order valence-corrected chi connectivity index (χ2v) is 5.39. The Morgan fingerprint density at radius 1 is 1.07 bits per heavy atom. The first kappa shape index (κ1) is 20.4. The number of methoxy groups -OCH3 is 1. The molecule has 0 amide bonds. The molecule has 0 bridgehead atoms. The molecule has 2 aromatic rings. The summed E-state index contributed by atoms with van der Waals surface area (Å²) in [7, 11) is 1.60. The number of anilines is 1. The molecule has 0 saturated heterocycles. The number of hydrogen-bond acceptors (Lipinski definition) is 4. The van der Waals surface area contributed by atoms with Crippen LogP contribution in [0.25, 0.3) is 0 Å². The van der Waals surface area contributed by atoms with Gasteiger partial charge in [0.05, 0.1) is 13.2 Å². The van der Waals surface area contributed by atoms with E-state index in [2.05, 4.69) is 15.0 Å². The highest BCUT2D eigenvalue weighted by Crippen LogP contribution is 2.23. The fraction of sp³-hybridized carbons (Fsp3) is 0.278. The van der Waals surface area contributed by atoms with Gasteiger partial charge >= 0.3 is 6.36 Å². The molecule has 27 heavy (non-hydrogen) atoms. The SMILES string of the molecule is COCCOc1cccc(CN=C(N)Nc2ccc(OC(F)(F)F)cc2)c1. The Kier molecular flexibility index (Phi) is 7.30. The Balaban J connectivity index is 1.89. The van der Waals surface area contributed by atoms with Crippen LogP contribution in [0.4, 0.5) is 18.9 Å². The fourth-order valence-electron chi connectivity index (χ4n) is 2.08. The number of nitrogens with one attached hydrogen (secondary N) is 1. The number of hydrogen-bond donors (Lipinski definition) is 2.